The summed E-state index contributed by atoms with van der Waals surface area (Å²) in [7, 11) is 1.35. The second-order valence-corrected chi connectivity index (χ2v) is 26.7. The van der Waals surface area contributed by atoms with Gasteiger partial charge in [-0.15, -0.1) is 0 Å². The van der Waals surface area contributed by atoms with E-state index in [1.807, 2.05) is 0 Å². The molecule has 3 fully saturated rings. The molecule has 9 rings (SSSR count). The van der Waals surface area contributed by atoms with Crippen LogP contribution in [0.25, 0.3) is 22.3 Å². The van der Waals surface area contributed by atoms with Crippen molar-refractivity contribution >= 4 is 126 Å². The molecule has 3 saturated heterocycles. The lowest BCUT2D eigenvalue weighted by molar-refractivity contribution is -0.137. The minimum atomic E-state index is -4.64. The third-order valence-corrected chi connectivity index (χ3v) is 17.6. The Bertz CT molecular complexity index is 3680. The van der Waals surface area contributed by atoms with Gasteiger partial charge in [0.15, 0.2) is 41.5 Å². The van der Waals surface area contributed by atoms with Gasteiger partial charge in [-0.25, -0.2) is 53.4 Å². The van der Waals surface area contributed by atoms with Crippen LogP contribution in [0.4, 0.5) is 31.7 Å². The van der Waals surface area contributed by atoms with Gasteiger partial charge in [-0.3, -0.25) is 56.1 Å². The Morgan fingerprint density at radius 2 is 1.40 bits per heavy atom. The first kappa shape index (κ1) is 67.3. The molecule has 4 aliphatic rings. The molecule has 91 heavy (non-hydrogen) atoms. The largest absolute Gasteiger partial charge is 0.508 e. The number of likely N-dealkylation sites (N-methyl/N-ethyl adjacent to an activating group) is 1. The van der Waals surface area contributed by atoms with E-state index in [2.05, 4.69) is 75.7 Å². The lowest BCUT2D eigenvalue weighted by atomic mass is 10.0. The standard InChI is InChI=1S/C50H63N17O20P2S2/c1-24(2)33(63-30(68)12-14-65-31(69)10-11-32(65)70)45(73)62-27(5-4-13-54-48(53)74)44(72)61-26-8-6-25(7-9-26)17-80-49(75)64(3)15-16-79-50(76)85-39-37-29(84-47(39)67-23-60-35-41(52)56-21-58-43(35)67)19-82-89(78,91)87-38-36(71)28(18-81-88(77,90)86-37)83-46(38)66-22-59-34-40(51)55-20-57-42(34)66/h6-11,20-24,27-29,33,36-39,46-47,71H,4-5,12-19H2,1-3H3,(H,61,72)(H,62,73)(H,63,68)(H,77,90)(H,78,91)(H2,51,55,57)(H2,52,56,58)(H3,53,54,74)/t27-,28+,29+,33-,36+,37+,38+,39+,46+,47+,88+,89+/m0/s1. The number of imidazole rings is 2. The van der Waals surface area contributed by atoms with Crippen LogP contribution >= 0.6 is 38.1 Å². The molecule has 490 valence electrons. The quantitative estimate of drug-likeness (QED) is 0.0161. The van der Waals surface area contributed by atoms with Crippen molar-refractivity contribution in [1.82, 2.24) is 64.8 Å². The average Bonchev–Trinajstić information content (AvgIpc) is 1.62. The van der Waals surface area contributed by atoms with E-state index in [9.17, 15) is 52.6 Å². The topological polar surface area (TPSA) is 494 Å². The van der Waals surface area contributed by atoms with Crippen LogP contribution < -0.4 is 38.5 Å². The van der Waals surface area contributed by atoms with Crippen molar-refractivity contribution in [3.8, 4) is 0 Å². The van der Waals surface area contributed by atoms with E-state index in [4.69, 9.17) is 59.0 Å². The smallest absolute Gasteiger partial charge is 0.445 e. The lowest BCUT2D eigenvalue weighted by Gasteiger charge is -2.27. The van der Waals surface area contributed by atoms with Crippen LogP contribution in [-0.4, -0.2) is 197 Å². The number of carbonyl (C=O) groups excluding carboxylic acids is 8. The number of aliphatic hydroxyl groups is 1. The van der Waals surface area contributed by atoms with E-state index in [0.29, 0.717) is 5.56 Å². The van der Waals surface area contributed by atoms with Crippen molar-refractivity contribution in [2.75, 3.05) is 63.3 Å². The Morgan fingerprint density at radius 3 is 2.01 bits per heavy atom. The van der Waals surface area contributed by atoms with Crippen molar-refractivity contribution in [2.45, 2.75) is 101 Å². The van der Waals surface area contributed by atoms with Crippen LogP contribution in [-0.2, 0) is 81.5 Å². The number of nitrogen functional groups attached to an aromatic ring is 2. The third-order valence-electron chi connectivity index (χ3n) is 14.3. The Labute approximate surface area is 525 Å². The van der Waals surface area contributed by atoms with Gasteiger partial charge >= 0.3 is 31.9 Å². The minimum Gasteiger partial charge on any atom is -0.445 e. The number of fused-ring (bicyclic) bond motifs is 5. The molecule has 0 spiro atoms. The Kier molecular flexibility index (Phi) is 21.5. The van der Waals surface area contributed by atoms with Crippen molar-refractivity contribution in [2.24, 2.45) is 11.7 Å². The van der Waals surface area contributed by atoms with Crippen molar-refractivity contribution in [3.05, 3.63) is 67.3 Å². The molecule has 0 unspecified atom stereocenters. The van der Waals surface area contributed by atoms with E-state index >= 15 is 0 Å². The highest BCUT2D eigenvalue weighted by Gasteiger charge is 2.55. The summed E-state index contributed by atoms with van der Waals surface area (Å²) in [6, 6.07) is 3.02. The highest BCUT2D eigenvalue weighted by molar-refractivity contribution is 8.44. The van der Waals surface area contributed by atoms with Crippen molar-refractivity contribution in [3.63, 3.8) is 0 Å². The molecular weight excluding hydrogens is 1280 g/mol. The number of anilines is 3. The van der Waals surface area contributed by atoms with Crippen LogP contribution in [0.2, 0.25) is 0 Å². The van der Waals surface area contributed by atoms with Gasteiger partial charge in [0.25, 0.3) is 11.8 Å². The highest BCUT2D eigenvalue weighted by Crippen LogP contribution is 2.60. The number of hydrogen-bond acceptors (Lipinski definition) is 28. The van der Waals surface area contributed by atoms with Crippen LogP contribution in [0, 0.1) is 5.92 Å². The van der Waals surface area contributed by atoms with Crippen LogP contribution in [0.15, 0.2) is 61.7 Å². The molecule has 0 aliphatic carbocycles. The Morgan fingerprint density at radius 1 is 0.802 bits per heavy atom. The van der Waals surface area contributed by atoms with Crippen LogP contribution in [0.1, 0.15) is 51.1 Å². The fourth-order valence-corrected chi connectivity index (χ4v) is 12.6. The first-order chi connectivity index (χ1) is 43.3. The van der Waals surface area contributed by atoms with Crippen molar-refractivity contribution in [1.29, 1.82) is 0 Å². The molecule has 0 saturated carbocycles. The minimum absolute atomic E-state index is 0.0258. The van der Waals surface area contributed by atoms with Gasteiger partial charge in [-0.1, -0.05) is 50.5 Å². The number of carbonyl (C=O) groups is 8. The Hall–Kier alpha value is -8.10. The summed E-state index contributed by atoms with van der Waals surface area (Å²) in [5.74, 6) is -3.58. The number of primary amides is 1. The third kappa shape index (κ3) is 16.5. The molecule has 2 bridgehead atoms. The number of benzene rings is 1. The number of hydrogen-bond donors (Lipinski definition) is 10. The van der Waals surface area contributed by atoms with E-state index in [0.717, 1.165) is 34.6 Å². The summed E-state index contributed by atoms with van der Waals surface area (Å²) in [4.78, 5) is 129. The summed E-state index contributed by atoms with van der Waals surface area (Å²) in [5.41, 5.74) is 18.5. The predicted molar refractivity (Wildman–Crippen MR) is 318 cm³/mol. The van der Waals surface area contributed by atoms with Gasteiger partial charge in [-0.2, -0.15) is 0 Å². The highest BCUT2D eigenvalue weighted by atomic mass is 32.7. The zero-order valence-corrected chi connectivity index (χ0v) is 52.0. The molecule has 4 aliphatic heterocycles. The molecule has 8 heterocycles. The lowest BCUT2D eigenvalue weighted by Crippen LogP contribution is -2.54. The summed E-state index contributed by atoms with van der Waals surface area (Å²) >= 11 is 8.40. The van der Waals surface area contributed by atoms with Gasteiger partial charge in [0, 0.05) is 44.4 Å². The maximum atomic E-state index is 14.2. The zero-order valence-electron chi connectivity index (χ0n) is 48.4. The summed E-state index contributed by atoms with van der Waals surface area (Å²) in [6.07, 6.45) is -7.50. The van der Waals surface area contributed by atoms with Gasteiger partial charge in [-0.05, 0) is 36.5 Å². The zero-order chi connectivity index (χ0) is 65.5. The molecule has 8 amide bonds. The number of imide groups is 1. The number of thiol groups is 2. The monoisotopic (exact) mass is 1350 g/mol. The second kappa shape index (κ2) is 29.0. The van der Waals surface area contributed by atoms with Crippen molar-refractivity contribution < 1.29 is 94.4 Å². The number of urea groups is 1. The van der Waals surface area contributed by atoms with Gasteiger partial charge < -0.3 is 72.2 Å². The first-order valence-electron chi connectivity index (χ1n) is 27.7. The summed E-state index contributed by atoms with van der Waals surface area (Å²) in [6.45, 7) is -8.44. The van der Waals surface area contributed by atoms with Gasteiger partial charge in [0.1, 0.15) is 79.5 Å². The first-order valence-corrected chi connectivity index (χ1v) is 33.1. The number of rotatable bonds is 21. The fraction of sp³-hybridized carbons (Fsp3) is 0.480. The molecule has 0 radical (unpaired) electrons. The normalized spacial score (nSPS) is 25.6. The number of aliphatic hydroxyl groups excluding tert-OH is 1. The fourth-order valence-electron chi connectivity index (χ4n) is 9.69. The van der Waals surface area contributed by atoms with E-state index in [1.54, 1.807) is 26.0 Å². The second-order valence-electron chi connectivity index (χ2n) is 21.0. The molecule has 5 aromatic rings. The molecule has 4 aromatic heterocycles. The average molecular weight is 1350 g/mol. The molecule has 12 atom stereocenters. The number of aromatic nitrogens is 8. The van der Waals surface area contributed by atoms with Gasteiger partial charge in [0.05, 0.1) is 32.4 Å². The molecular formula is C50H63N17O20P2S2. The predicted octanol–water partition coefficient (Wildman–Crippen LogP) is 0.997. The maximum Gasteiger partial charge on any atom is 0.508 e. The molecule has 41 heteroatoms. The number of amides is 8. The number of ether oxygens (including phenoxy) is 5. The van der Waals surface area contributed by atoms with Gasteiger partial charge in [0.2, 0.25) is 17.7 Å². The molecule has 37 nitrogen and oxygen atoms in total. The maximum absolute atomic E-state index is 14.2. The SMILES string of the molecule is CC(C)[C@H](NC(=O)CCN1C(=O)C=CC1=O)C(=O)N[C@@H](CCCNC(N)=O)C(=O)Nc1ccc(COC(=O)N(C)CCOC(=O)O[C@@H]2[C@@H]3O[P@](=O)(S)OC[C@H]4O[C@@H](n5cnc6c(N)ncnc65)[C@H](O[P@](=O)(S)OC[C@H]3O[C@H]2n2cnc3c(N)ncnc32)[C@@H]4O)cc1. The summed E-state index contributed by atoms with van der Waals surface area (Å²) in [5, 5.41) is 21.9. The number of nitrogens with two attached hydrogens (primary N) is 3. The molecule has 1 aromatic carbocycles. The van der Waals surface area contributed by atoms with E-state index in [1.165, 1.54) is 41.0 Å². The number of nitrogens with zero attached hydrogens (tertiary/aromatic N) is 10. The molecule has 11 N–H and O–H groups in total. The number of nitrogens with one attached hydrogen (secondary N) is 4. The van der Waals surface area contributed by atoms with Crippen LogP contribution in [0.3, 0.4) is 0 Å². The van der Waals surface area contributed by atoms with E-state index in [-0.39, 0.29) is 85.2 Å². The Balaban J connectivity index is 0.801. The van der Waals surface area contributed by atoms with Crippen LogP contribution in [0.5, 0.6) is 0 Å². The van der Waals surface area contributed by atoms with E-state index < -0.39 is 148 Å². The summed E-state index contributed by atoms with van der Waals surface area (Å²) < 4.78 is 83.3.